The number of sulfone groups is 1. The van der Waals surface area contributed by atoms with Gasteiger partial charge in [-0.15, -0.1) is 0 Å². The second kappa shape index (κ2) is 7.52. The molecule has 2 aromatic carbocycles. The zero-order valence-electron chi connectivity index (χ0n) is 14.7. The predicted molar refractivity (Wildman–Crippen MR) is 98.7 cm³/mol. The van der Waals surface area contributed by atoms with Gasteiger partial charge in [-0.2, -0.15) is 0 Å². The van der Waals surface area contributed by atoms with E-state index in [0.717, 1.165) is 0 Å². The van der Waals surface area contributed by atoms with E-state index in [1.54, 1.807) is 61.5 Å². The molecule has 7 heteroatoms. The average molecular weight is 388 g/mol. The van der Waals surface area contributed by atoms with Crippen LogP contribution in [0.25, 0.3) is 0 Å². The minimum absolute atomic E-state index is 0.163. The Labute approximate surface area is 157 Å². The van der Waals surface area contributed by atoms with Crippen molar-refractivity contribution in [2.24, 2.45) is 11.8 Å². The first-order valence-electron chi connectivity index (χ1n) is 8.57. The Hall–Kier alpha value is -2.67. The molecule has 0 amide bonds. The molecule has 27 heavy (non-hydrogen) atoms. The van der Waals surface area contributed by atoms with Gasteiger partial charge in [0.1, 0.15) is 11.9 Å². The van der Waals surface area contributed by atoms with E-state index in [-0.39, 0.29) is 13.0 Å². The third-order valence-electron chi connectivity index (χ3n) is 5.00. The number of benzene rings is 2. The summed E-state index contributed by atoms with van der Waals surface area (Å²) in [6.07, 6.45) is 0.234. The fourth-order valence-corrected chi connectivity index (χ4v) is 5.33. The lowest BCUT2D eigenvalue weighted by molar-refractivity contribution is -0.143. The Kier molecular flexibility index (Phi) is 5.32. The summed E-state index contributed by atoms with van der Waals surface area (Å²) in [7, 11) is -4.39. The van der Waals surface area contributed by atoms with Gasteiger partial charge in [0.25, 0.3) is 9.84 Å². The highest BCUT2D eigenvalue weighted by molar-refractivity contribution is 8.05. The molecule has 0 aliphatic heterocycles. The Morgan fingerprint density at radius 2 is 1.70 bits per heavy atom. The van der Waals surface area contributed by atoms with Gasteiger partial charge in [-0.05, 0) is 29.0 Å². The van der Waals surface area contributed by atoms with Gasteiger partial charge in [-0.1, -0.05) is 61.5 Å². The molecule has 1 unspecified atom stereocenters. The van der Waals surface area contributed by atoms with Gasteiger partial charge in [-0.3, -0.25) is 4.79 Å². The third-order valence-corrected chi connectivity index (χ3v) is 6.93. The number of carbonyl (C=O) groups excluding carboxylic acids is 1. The van der Waals surface area contributed by atoms with Crippen LogP contribution in [-0.2, 0) is 32.4 Å². The first-order chi connectivity index (χ1) is 12.8. The van der Waals surface area contributed by atoms with Gasteiger partial charge in [0.15, 0.2) is 0 Å². The second-order valence-electron chi connectivity index (χ2n) is 6.70. The largest absolute Gasteiger partial charge is 0.481 e. The summed E-state index contributed by atoms with van der Waals surface area (Å²) in [5, 5.41) is 6.92. The fraction of sp³-hybridized carbons (Fsp3) is 0.300. The number of hydrogen-bond donors (Lipinski definition) is 1. The summed E-state index contributed by atoms with van der Waals surface area (Å²) < 4.78 is 31.0. The van der Waals surface area contributed by atoms with Crippen LogP contribution in [0.15, 0.2) is 54.6 Å². The quantitative estimate of drug-likeness (QED) is 0.807. The zero-order valence-corrected chi connectivity index (χ0v) is 15.6. The van der Waals surface area contributed by atoms with E-state index >= 15 is 0 Å². The van der Waals surface area contributed by atoms with E-state index in [4.69, 9.17) is 4.74 Å². The lowest BCUT2D eigenvalue weighted by atomic mass is 9.76. The number of hydrogen-bond acceptors (Lipinski definition) is 5. The molecule has 0 radical (unpaired) electrons. The Morgan fingerprint density at radius 1 is 1.07 bits per heavy atom. The summed E-state index contributed by atoms with van der Waals surface area (Å²) in [4.78, 5) is 24.0. The van der Waals surface area contributed by atoms with Gasteiger partial charge in [-0.25, -0.2) is 13.2 Å². The maximum atomic E-state index is 13.0. The number of carbonyl (C=O) groups is 2. The SMILES string of the molecule is C[C@H]1C(S(=O)(=O)C(=O)OCc2ccccc2)c2ccccc2C[C@H]1C(=O)O. The highest BCUT2D eigenvalue weighted by Crippen LogP contribution is 2.43. The van der Waals surface area contributed by atoms with Crippen LogP contribution >= 0.6 is 0 Å². The Morgan fingerprint density at radius 3 is 2.37 bits per heavy atom. The molecule has 1 N–H and O–H groups in total. The van der Waals surface area contributed by atoms with Crippen molar-refractivity contribution >= 4 is 21.1 Å². The summed E-state index contributed by atoms with van der Waals surface area (Å²) in [6, 6.07) is 15.5. The molecular weight excluding hydrogens is 368 g/mol. The van der Waals surface area contributed by atoms with Crippen molar-refractivity contribution in [2.45, 2.75) is 25.2 Å². The van der Waals surface area contributed by atoms with Crippen molar-refractivity contribution < 1.29 is 27.9 Å². The summed E-state index contributed by atoms with van der Waals surface area (Å²) >= 11 is 0. The number of carboxylic acid groups (broad SMARTS) is 1. The molecule has 0 heterocycles. The average Bonchev–Trinajstić information content (AvgIpc) is 2.65. The van der Waals surface area contributed by atoms with Crippen LogP contribution in [0.3, 0.4) is 0 Å². The smallest absolute Gasteiger partial charge is 0.425 e. The molecule has 0 saturated carbocycles. The maximum absolute atomic E-state index is 13.0. The minimum atomic E-state index is -4.39. The highest BCUT2D eigenvalue weighted by atomic mass is 32.2. The number of fused-ring (bicyclic) bond motifs is 1. The van der Waals surface area contributed by atoms with E-state index in [9.17, 15) is 23.1 Å². The molecule has 0 fully saturated rings. The monoisotopic (exact) mass is 388 g/mol. The van der Waals surface area contributed by atoms with Crippen LogP contribution in [0.4, 0.5) is 4.79 Å². The number of ether oxygens (including phenoxy) is 1. The molecule has 0 spiro atoms. The molecule has 0 aromatic heterocycles. The number of carboxylic acids is 1. The molecule has 1 aliphatic rings. The first-order valence-corrected chi connectivity index (χ1v) is 10.1. The van der Waals surface area contributed by atoms with Gasteiger partial charge < -0.3 is 9.84 Å². The fourth-order valence-electron chi connectivity index (χ4n) is 3.58. The molecule has 0 bridgehead atoms. The molecule has 3 atom stereocenters. The van der Waals surface area contributed by atoms with E-state index in [2.05, 4.69) is 0 Å². The van der Waals surface area contributed by atoms with Crippen molar-refractivity contribution in [3.63, 3.8) is 0 Å². The van der Waals surface area contributed by atoms with Crippen LogP contribution < -0.4 is 0 Å². The molecule has 142 valence electrons. The van der Waals surface area contributed by atoms with Crippen LogP contribution in [0.2, 0.25) is 0 Å². The van der Waals surface area contributed by atoms with Crippen LogP contribution in [0, 0.1) is 11.8 Å². The zero-order chi connectivity index (χ0) is 19.6. The standard InChI is InChI=1S/C20H20O6S/c1-13-17(19(21)22)11-15-9-5-6-10-16(15)18(13)27(24,25)20(23)26-12-14-7-3-2-4-8-14/h2-10,13,17-18H,11-12H2,1H3,(H,21,22)/t13-,17-,18?/m1/s1. The van der Waals surface area contributed by atoms with Crippen LogP contribution in [0.1, 0.15) is 28.9 Å². The van der Waals surface area contributed by atoms with E-state index in [1.807, 2.05) is 0 Å². The van der Waals surface area contributed by atoms with Crippen molar-refractivity contribution in [1.29, 1.82) is 0 Å². The van der Waals surface area contributed by atoms with Gasteiger partial charge in [0.05, 0.1) is 5.92 Å². The maximum Gasteiger partial charge on any atom is 0.425 e. The highest BCUT2D eigenvalue weighted by Gasteiger charge is 2.47. The van der Waals surface area contributed by atoms with Crippen molar-refractivity contribution in [2.75, 3.05) is 0 Å². The van der Waals surface area contributed by atoms with Crippen molar-refractivity contribution in [3.8, 4) is 0 Å². The third kappa shape index (κ3) is 3.73. The first kappa shape index (κ1) is 19.1. The Bertz CT molecular complexity index is 951. The molecule has 6 nitrogen and oxygen atoms in total. The van der Waals surface area contributed by atoms with E-state index < -0.39 is 38.2 Å². The Balaban J connectivity index is 1.91. The molecule has 0 saturated heterocycles. The van der Waals surface area contributed by atoms with Crippen LogP contribution in [-0.4, -0.2) is 24.8 Å². The van der Waals surface area contributed by atoms with Crippen LogP contribution in [0.5, 0.6) is 0 Å². The molecule has 2 aromatic rings. The van der Waals surface area contributed by atoms with E-state index in [1.165, 1.54) is 0 Å². The van der Waals surface area contributed by atoms with E-state index in [0.29, 0.717) is 16.7 Å². The summed E-state index contributed by atoms with van der Waals surface area (Å²) in [5.41, 5.74) is 1.77. The van der Waals surface area contributed by atoms with Crippen molar-refractivity contribution in [1.82, 2.24) is 0 Å². The van der Waals surface area contributed by atoms with Gasteiger partial charge in [0, 0.05) is 0 Å². The van der Waals surface area contributed by atoms with Gasteiger partial charge >= 0.3 is 11.3 Å². The predicted octanol–water partition coefficient (Wildman–Crippen LogP) is 3.37. The summed E-state index contributed by atoms with van der Waals surface area (Å²) in [5.74, 6) is -2.72. The number of rotatable bonds is 4. The molecular formula is C20H20O6S. The molecule has 1 aliphatic carbocycles. The lowest BCUT2D eigenvalue weighted by Crippen LogP contribution is -2.38. The summed E-state index contributed by atoms with van der Waals surface area (Å²) in [6.45, 7) is 1.39. The second-order valence-corrected chi connectivity index (χ2v) is 8.63. The minimum Gasteiger partial charge on any atom is -0.481 e. The lowest BCUT2D eigenvalue weighted by Gasteiger charge is -2.34. The van der Waals surface area contributed by atoms with Gasteiger partial charge in [0.2, 0.25) is 0 Å². The topological polar surface area (TPSA) is 97.7 Å². The molecule has 3 rings (SSSR count). The number of aliphatic carboxylic acids is 1. The normalized spacial score (nSPS) is 21.9. The van der Waals surface area contributed by atoms with Crippen molar-refractivity contribution in [3.05, 3.63) is 71.3 Å².